The topological polar surface area (TPSA) is 156 Å². The van der Waals surface area contributed by atoms with Crippen LogP contribution in [0, 0.1) is 0 Å². The van der Waals surface area contributed by atoms with E-state index in [1.54, 1.807) is 0 Å². The molecule has 1 aromatic heterocycles. The number of carboxylic acids is 1. The summed E-state index contributed by atoms with van der Waals surface area (Å²) in [5.74, 6) is -1.35. The van der Waals surface area contributed by atoms with Crippen molar-refractivity contribution in [2.24, 2.45) is 5.16 Å². The molecule has 11 nitrogen and oxygen atoms in total. The average molecular weight is 722 g/mol. The lowest BCUT2D eigenvalue weighted by Crippen LogP contribution is -2.69. The molecule has 4 N–H and O–H groups in total. The predicted molar refractivity (Wildman–Crippen MR) is 188 cm³/mol. The third-order valence-electron chi connectivity index (χ3n) is 7.68. The van der Waals surface area contributed by atoms with Gasteiger partial charge in [-0.1, -0.05) is 119 Å². The highest BCUT2D eigenvalue weighted by molar-refractivity contribution is 8.14. The number of thioether (sulfide) groups is 1. The van der Waals surface area contributed by atoms with Gasteiger partial charge in [0, 0.05) is 41.5 Å². The Balaban J connectivity index is 1.35. The number of rotatable bonds is 12. The third kappa shape index (κ3) is 6.34. The standard InChI is InChI=1S/C33H28ClN5O6S3/c1-44-17-19-18-46-29-25(28(40)39(29)26(19)30(41)42)38-48-31(43)24(23-27(34)47-32(35)36-23)37-45-33(20-11-5-2-6-12-20,21-13-7-3-8-14-21)22-15-9-4-10-16-22/h2-16,25,29,38H,17-18H2,1H3,(H2,35,36)(H,41,42)/b37-24+. The van der Waals surface area contributed by atoms with Crippen molar-refractivity contribution in [3.05, 3.63) is 129 Å². The van der Waals surface area contributed by atoms with Gasteiger partial charge in [0.1, 0.15) is 27.1 Å². The van der Waals surface area contributed by atoms with Gasteiger partial charge in [0.15, 0.2) is 10.8 Å². The number of nitrogens with two attached hydrogens (primary N) is 1. The van der Waals surface area contributed by atoms with Gasteiger partial charge < -0.3 is 20.4 Å². The summed E-state index contributed by atoms with van der Waals surface area (Å²) in [6.07, 6.45) is 0. The van der Waals surface area contributed by atoms with Gasteiger partial charge in [0.05, 0.1) is 6.61 Å². The van der Waals surface area contributed by atoms with E-state index in [4.69, 9.17) is 26.9 Å². The minimum absolute atomic E-state index is 0.0236. The molecule has 0 radical (unpaired) electrons. The molecule has 1 saturated heterocycles. The monoisotopic (exact) mass is 721 g/mol. The summed E-state index contributed by atoms with van der Waals surface area (Å²) in [5, 5.41) is 13.2. The molecule has 48 heavy (non-hydrogen) atoms. The smallest absolute Gasteiger partial charge is 0.352 e. The van der Waals surface area contributed by atoms with E-state index in [-0.39, 0.29) is 33.2 Å². The Morgan fingerprint density at radius 3 is 2.10 bits per heavy atom. The van der Waals surface area contributed by atoms with Gasteiger partial charge in [0.25, 0.3) is 5.12 Å². The van der Waals surface area contributed by atoms with E-state index in [0.29, 0.717) is 23.3 Å². The van der Waals surface area contributed by atoms with Crippen LogP contribution in [-0.2, 0) is 29.6 Å². The first kappa shape index (κ1) is 33.7. The number of halogens is 1. The molecule has 0 saturated carbocycles. The molecule has 15 heteroatoms. The largest absolute Gasteiger partial charge is 0.477 e. The van der Waals surface area contributed by atoms with Crippen molar-refractivity contribution >= 4 is 74.5 Å². The molecule has 0 aliphatic carbocycles. The van der Waals surface area contributed by atoms with Crippen molar-refractivity contribution in [3.8, 4) is 0 Å². The molecular weight excluding hydrogens is 694 g/mol. The lowest BCUT2D eigenvalue weighted by atomic mass is 9.80. The number of oxime groups is 1. The number of benzene rings is 3. The number of thiazole rings is 1. The van der Waals surface area contributed by atoms with Gasteiger partial charge >= 0.3 is 5.97 Å². The van der Waals surface area contributed by atoms with E-state index in [0.717, 1.165) is 28.0 Å². The highest BCUT2D eigenvalue weighted by Gasteiger charge is 2.54. The first-order valence-corrected chi connectivity index (χ1v) is 17.5. The van der Waals surface area contributed by atoms with Gasteiger partial charge in [-0.25, -0.2) is 14.5 Å². The van der Waals surface area contributed by atoms with E-state index in [1.165, 1.54) is 23.8 Å². The zero-order valence-electron chi connectivity index (χ0n) is 25.2. The molecule has 0 bridgehead atoms. The molecule has 2 atom stereocenters. The van der Waals surface area contributed by atoms with Crippen molar-refractivity contribution in [3.63, 3.8) is 0 Å². The molecule has 3 aromatic carbocycles. The Kier molecular flexibility index (Phi) is 10.2. The zero-order valence-corrected chi connectivity index (χ0v) is 28.4. The first-order chi connectivity index (χ1) is 23.3. The number of aliphatic carboxylic acids is 1. The number of nitrogen functional groups attached to an aromatic ring is 1. The Bertz CT molecular complexity index is 1790. The fraction of sp³-hybridized carbons (Fsp3) is 0.182. The van der Waals surface area contributed by atoms with E-state index >= 15 is 0 Å². The van der Waals surface area contributed by atoms with Crippen LogP contribution in [0.3, 0.4) is 0 Å². The fourth-order valence-electron chi connectivity index (χ4n) is 5.54. The summed E-state index contributed by atoms with van der Waals surface area (Å²) in [6, 6.07) is 27.6. The van der Waals surface area contributed by atoms with Crippen LogP contribution < -0.4 is 10.5 Å². The summed E-state index contributed by atoms with van der Waals surface area (Å²) < 4.78 is 8.18. The van der Waals surface area contributed by atoms with Crippen LogP contribution in [0.5, 0.6) is 0 Å². The number of nitrogens with one attached hydrogen (secondary N) is 1. The number of fused-ring (bicyclic) bond motifs is 1. The molecule has 1 amide bonds. The van der Waals surface area contributed by atoms with Gasteiger partial charge in [-0.2, -0.15) is 0 Å². The average Bonchev–Trinajstić information content (AvgIpc) is 3.44. The SMILES string of the molecule is COCC1=C(C(=O)O)N2C(=O)C(NSC(=O)/C(=N/OC(c3ccccc3)(c3ccccc3)c3ccccc3)c3nc(N)sc3Cl)C2SC1. The number of anilines is 1. The van der Waals surface area contributed by atoms with Crippen molar-refractivity contribution in [2.75, 3.05) is 25.2 Å². The highest BCUT2D eigenvalue weighted by atomic mass is 35.5. The molecule has 3 heterocycles. The number of carboxylic acid groups (broad SMARTS) is 1. The van der Waals surface area contributed by atoms with Crippen LogP contribution >= 0.6 is 46.6 Å². The molecule has 2 aliphatic rings. The van der Waals surface area contributed by atoms with Gasteiger partial charge in [-0.05, 0) is 5.57 Å². The maximum absolute atomic E-state index is 14.0. The van der Waals surface area contributed by atoms with Crippen LogP contribution in [0.15, 0.2) is 107 Å². The first-order valence-electron chi connectivity index (χ1n) is 14.5. The number of β-lactam (4-membered cyclic amide) rings is 1. The number of hydrogen-bond donors (Lipinski definition) is 3. The normalized spacial score (nSPS) is 17.9. The molecular formula is C33H28ClN5O6S3. The Morgan fingerprint density at radius 2 is 1.62 bits per heavy atom. The minimum atomic E-state index is -1.30. The van der Waals surface area contributed by atoms with Crippen molar-refractivity contribution < 1.29 is 29.1 Å². The maximum Gasteiger partial charge on any atom is 0.352 e. The number of carbonyl (C=O) groups is 3. The Labute approximate surface area is 293 Å². The van der Waals surface area contributed by atoms with E-state index < -0.39 is 34.0 Å². The molecule has 0 spiro atoms. The number of amides is 1. The van der Waals surface area contributed by atoms with Crippen LogP contribution in [0.25, 0.3) is 0 Å². The number of aromatic nitrogens is 1. The van der Waals surface area contributed by atoms with Crippen molar-refractivity contribution in [2.45, 2.75) is 17.0 Å². The molecule has 4 aromatic rings. The minimum Gasteiger partial charge on any atom is -0.477 e. The van der Waals surface area contributed by atoms with Gasteiger partial charge in [-0.3, -0.25) is 14.5 Å². The number of carbonyl (C=O) groups excluding carboxylic acids is 2. The Morgan fingerprint density at radius 1 is 1.06 bits per heavy atom. The lowest BCUT2D eigenvalue weighted by molar-refractivity contribution is -0.148. The molecule has 6 rings (SSSR count). The molecule has 246 valence electrons. The van der Waals surface area contributed by atoms with Crippen LogP contribution in [-0.4, -0.2) is 68.6 Å². The predicted octanol–water partition coefficient (Wildman–Crippen LogP) is 5.12. The van der Waals surface area contributed by atoms with Crippen LogP contribution in [0.2, 0.25) is 4.34 Å². The molecule has 1 fully saturated rings. The second kappa shape index (κ2) is 14.5. The van der Waals surface area contributed by atoms with E-state index in [1.807, 2.05) is 91.0 Å². The quantitative estimate of drug-likeness (QED) is 0.0587. The number of methoxy groups -OCH3 is 1. The molecule has 2 unspecified atom stereocenters. The third-order valence-corrected chi connectivity index (χ3v) is 10.9. The Hall–Kier alpha value is -4.18. The highest BCUT2D eigenvalue weighted by Crippen LogP contribution is 2.43. The van der Waals surface area contributed by atoms with Gasteiger partial charge in [-0.15, -0.1) is 11.8 Å². The van der Waals surface area contributed by atoms with E-state index in [2.05, 4.69) is 14.9 Å². The zero-order chi connectivity index (χ0) is 33.8. The van der Waals surface area contributed by atoms with Crippen molar-refractivity contribution in [1.82, 2.24) is 14.6 Å². The number of nitrogens with zero attached hydrogens (tertiary/aromatic N) is 3. The maximum atomic E-state index is 14.0. The second-order valence-electron chi connectivity index (χ2n) is 10.6. The van der Waals surface area contributed by atoms with E-state index in [9.17, 15) is 19.5 Å². The van der Waals surface area contributed by atoms with Crippen LogP contribution in [0.4, 0.5) is 5.13 Å². The van der Waals surface area contributed by atoms with Crippen LogP contribution in [0.1, 0.15) is 22.4 Å². The summed E-state index contributed by atoms with van der Waals surface area (Å²) in [6.45, 7) is 0.0876. The number of ether oxygens (including phenoxy) is 1. The summed E-state index contributed by atoms with van der Waals surface area (Å²) in [5.41, 5.74) is 7.10. The summed E-state index contributed by atoms with van der Waals surface area (Å²) in [7, 11) is 1.46. The van der Waals surface area contributed by atoms with Crippen molar-refractivity contribution in [1.29, 1.82) is 0 Å². The number of hydrogen-bond acceptors (Lipinski definition) is 12. The fourth-order valence-corrected chi connectivity index (χ4v) is 8.58. The van der Waals surface area contributed by atoms with Gasteiger partial charge in [0.2, 0.25) is 11.5 Å². The second-order valence-corrected chi connectivity index (χ2v) is 14.1. The summed E-state index contributed by atoms with van der Waals surface area (Å²) in [4.78, 5) is 51.2. The molecule has 2 aliphatic heterocycles. The lowest BCUT2D eigenvalue weighted by Gasteiger charge is -2.49. The summed E-state index contributed by atoms with van der Waals surface area (Å²) >= 11 is 9.48.